The Morgan fingerprint density at radius 3 is 2.38 bits per heavy atom. The third kappa shape index (κ3) is 4.59. The van der Waals surface area contributed by atoms with E-state index in [9.17, 15) is 19.2 Å². The van der Waals surface area contributed by atoms with Gasteiger partial charge in [-0.3, -0.25) is 19.2 Å². The number of carbonyl (C=O) groups is 3. The molecule has 168 valence electrons. The summed E-state index contributed by atoms with van der Waals surface area (Å²) in [5.74, 6) is -1.23. The van der Waals surface area contributed by atoms with Gasteiger partial charge in [-0.15, -0.1) is 0 Å². The standard InChI is InChI=1S/C24H28N4O4/c1-26-15-18(23(31)27-11-7-2-3-8-12-27)13-20(24(26)32)25-22(30)17-14-21(29)28(16-17)19-9-5-4-6-10-19/h4-6,9-10,13,15,17H,2-3,7-8,11-12,14,16H2,1H3,(H,25,30)/t17-/m0/s1. The smallest absolute Gasteiger partial charge is 0.274 e. The van der Waals surface area contributed by atoms with Gasteiger partial charge in [0.05, 0.1) is 11.5 Å². The Morgan fingerprint density at radius 1 is 1.00 bits per heavy atom. The highest BCUT2D eigenvalue weighted by Gasteiger charge is 2.35. The molecular formula is C24H28N4O4. The Bertz CT molecular complexity index is 1070. The van der Waals surface area contributed by atoms with Crippen molar-refractivity contribution in [3.05, 3.63) is 58.5 Å². The summed E-state index contributed by atoms with van der Waals surface area (Å²) in [6.45, 7) is 1.65. The van der Waals surface area contributed by atoms with E-state index < -0.39 is 17.4 Å². The Kier molecular flexibility index (Phi) is 6.39. The largest absolute Gasteiger partial charge is 0.339 e. The third-order valence-electron chi connectivity index (χ3n) is 6.15. The van der Waals surface area contributed by atoms with Crippen LogP contribution in [0.5, 0.6) is 0 Å². The molecule has 0 unspecified atom stereocenters. The molecule has 1 aromatic heterocycles. The lowest BCUT2D eigenvalue weighted by Gasteiger charge is -2.21. The molecule has 1 atom stereocenters. The first kappa shape index (κ1) is 21.8. The van der Waals surface area contributed by atoms with Crippen molar-refractivity contribution < 1.29 is 14.4 Å². The van der Waals surface area contributed by atoms with E-state index in [0.29, 0.717) is 18.7 Å². The molecule has 4 rings (SSSR count). The van der Waals surface area contributed by atoms with Gasteiger partial charge in [0.15, 0.2) is 0 Å². The summed E-state index contributed by atoms with van der Waals surface area (Å²) in [6, 6.07) is 10.7. The zero-order valence-corrected chi connectivity index (χ0v) is 18.3. The van der Waals surface area contributed by atoms with Crippen molar-refractivity contribution in [1.82, 2.24) is 9.47 Å². The first-order valence-electron chi connectivity index (χ1n) is 11.1. The molecule has 0 bridgehead atoms. The van der Waals surface area contributed by atoms with Crippen LogP contribution in [0.4, 0.5) is 11.4 Å². The molecule has 1 aromatic carbocycles. The summed E-state index contributed by atoms with van der Waals surface area (Å²) in [6.07, 6.45) is 5.75. The second kappa shape index (κ2) is 9.38. The molecule has 8 nitrogen and oxygen atoms in total. The molecule has 0 aliphatic carbocycles. The molecule has 0 saturated carbocycles. The van der Waals surface area contributed by atoms with E-state index in [2.05, 4.69) is 5.32 Å². The van der Waals surface area contributed by atoms with Gasteiger partial charge in [0, 0.05) is 45.0 Å². The quantitative estimate of drug-likeness (QED) is 0.797. The van der Waals surface area contributed by atoms with Crippen molar-refractivity contribution >= 4 is 29.1 Å². The van der Waals surface area contributed by atoms with Gasteiger partial charge in [0.2, 0.25) is 11.8 Å². The maximum atomic E-state index is 13.0. The van der Waals surface area contributed by atoms with E-state index >= 15 is 0 Å². The van der Waals surface area contributed by atoms with Crippen molar-refractivity contribution in [2.75, 3.05) is 29.9 Å². The molecule has 8 heteroatoms. The molecular weight excluding hydrogens is 408 g/mol. The highest BCUT2D eigenvalue weighted by atomic mass is 16.2. The summed E-state index contributed by atoms with van der Waals surface area (Å²) < 4.78 is 1.32. The Morgan fingerprint density at radius 2 is 1.69 bits per heavy atom. The second-order valence-corrected chi connectivity index (χ2v) is 8.50. The number of nitrogens with one attached hydrogen (secondary N) is 1. The van der Waals surface area contributed by atoms with E-state index in [4.69, 9.17) is 0 Å². The third-order valence-corrected chi connectivity index (χ3v) is 6.15. The molecule has 2 aliphatic rings. The van der Waals surface area contributed by atoms with Gasteiger partial charge in [-0.05, 0) is 31.0 Å². The summed E-state index contributed by atoms with van der Waals surface area (Å²) in [5, 5.41) is 2.67. The lowest BCUT2D eigenvalue weighted by molar-refractivity contribution is -0.122. The summed E-state index contributed by atoms with van der Waals surface area (Å²) >= 11 is 0. The maximum Gasteiger partial charge on any atom is 0.274 e. The van der Waals surface area contributed by atoms with E-state index in [1.165, 1.54) is 16.8 Å². The SMILES string of the molecule is Cn1cc(C(=O)N2CCCCCC2)cc(NC(=O)[C@H]2CC(=O)N(c3ccccc3)C2)c1=O. The van der Waals surface area contributed by atoms with Crippen molar-refractivity contribution in [2.45, 2.75) is 32.1 Å². The van der Waals surface area contributed by atoms with Gasteiger partial charge < -0.3 is 19.7 Å². The van der Waals surface area contributed by atoms with Gasteiger partial charge in [0.1, 0.15) is 5.69 Å². The van der Waals surface area contributed by atoms with Crippen LogP contribution in [0.15, 0.2) is 47.4 Å². The first-order chi connectivity index (χ1) is 15.4. The molecule has 3 amide bonds. The number of rotatable bonds is 4. The van der Waals surface area contributed by atoms with Gasteiger partial charge in [-0.1, -0.05) is 31.0 Å². The zero-order chi connectivity index (χ0) is 22.7. The molecule has 32 heavy (non-hydrogen) atoms. The minimum Gasteiger partial charge on any atom is -0.339 e. The van der Waals surface area contributed by atoms with Crippen LogP contribution in [0.25, 0.3) is 0 Å². The van der Waals surface area contributed by atoms with Crippen molar-refractivity contribution in [3.8, 4) is 0 Å². The lowest BCUT2D eigenvalue weighted by Crippen LogP contribution is -2.34. The molecule has 2 aromatic rings. The van der Waals surface area contributed by atoms with Gasteiger partial charge in [-0.2, -0.15) is 0 Å². The van der Waals surface area contributed by atoms with Crippen LogP contribution in [0.3, 0.4) is 0 Å². The highest BCUT2D eigenvalue weighted by Crippen LogP contribution is 2.25. The number of para-hydroxylation sites is 1. The predicted octanol–water partition coefficient (Wildman–Crippen LogP) is 2.39. The monoisotopic (exact) mass is 436 g/mol. The number of pyridine rings is 1. The van der Waals surface area contributed by atoms with Gasteiger partial charge in [0.25, 0.3) is 11.5 Å². The number of aromatic nitrogens is 1. The van der Waals surface area contributed by atoms with Crippen LogP contribution in [-0.4, -0.2) is 46.8 Å². The number of aryl methyl sites for hydroxylation is 1. The number of anilines is 2. The van der Waals surface area contributed by atoms with Gasteiger partial charge >= 0.3 is 0 Å². The number of amides is 3. The summed E-state index contributed by atoms with van der Waals surface area (Å²) in [7, 11) is 1.56. The second-order valence-electron chi connectivity index (χ2n) is 8.50. The number of hydrogen-bond donors (Lipinski definition) is 1. The Labute approximate surface area is 186 Å². The Balaban J connectivity index is 1.50. The molecule has 2 saturated heterocycles. The molecule has 0 radical (unpaired) electrons. The van der Waals surface area contributed by atoms with Crippen molar-refractivity contribution in [3.63, 3.8) is 0 Å². The number of nitrogens with zero attached hydrogens (tertiary/aromatic N) is 3. The fourth-order valence-electron chi connectivity index (χ4n) is 4.35. The van der Waals surface area contributed by atoms with Crippen LogP contribution >= 0.6 is 0 Å². The number of likely N-dealkylation sites (tertiary alicyclic amines) is 1. The molecule has 0 spiro atoms. The minimum atomic E-state index is -0.572. The molecule has 3 heterocycles. The number of benzene rings is 1. The van der Waals surface area contributed by atoms with Crippen molar-refractivity contribution in [1.29, 1.82) is 0 Å². The van der Waals surface area contributed by atoms with Crippen molar-refractivity contribution in [2.24, 2.45) is 13.0 Å². The summed E-state index contributed by atoms with van der Waals surface area (Å²) in [4.78, 5) is 54.4. The van der Waals surface area contributed by atoms with Crippen LogP contribution in [-0.2, 0) is 16.6 Å². The lowest BCUT2D eigenvalue weighted by atomic mass is 10.1. The fraction of sp³-hybridized carbons (Fsp3) is 0.417. The van der Waals surface area contributed by atoms with Crippen LogP contribution in [0.2, 0.25) is 0 Å². The van der Waals surface area contributed by atoms with E-state index in [1.807, 2.05) is 35.2 Å². The molecule has 2 fully saturated rings. The van der Waals surface area contributed by atoms with E-state index in [1.54, 1.807) is 11.9 Å². The van der Waals surface area contributed by atoms with Crippen LogP contribution < -0.4 is 15.8 Å². The molecule has 2 aliphatic heterocycles. The fourth-order valence-corrected chi connectivity index (χ4v) is 4.35. The molecule has 1 N–H and O–H groups in total. The highest BCUT2D eigenvalue weighted by molar-refractivity contribution is 6.04. The average Bonchev–Trinajstić information content (AvgIpc) is 3.00. The van der Waals surface area contributed by atoms with Crippen LogP contribution in [0, 0.1) is 5.92 Å². The maximum absolute atomic E-state index is 13.0. The zero-order valence-electron chi connectivity index (χ0n) is 18.3. The van der Waals surface area contributed by atoms with E-state index in [-0.39, 0.29) is 30.5 Å². The van der Waals surface area contributed by atoms with Crippen LogP contribution in [0.1, 0.15) is 42.5 Å². The predicted molar refractivity (Wildman–Crippen MR) is 122 cm³/mol. The van der Waals surface area contributed by atoms with E-state index in [0.717, 1.165) is 31.4 Å². The van der Waals surface area contributed by atoms with Gasteiger partial charge in [-0.25, -0.2) is 0 Å². The normalized spacial score (nSPS) is 19.0. The topological polar surface area (TPSA) is 91.7 Å². The summed E-state index contributed by atoms with van der Waals surface area (Å²) in [5.41, 5.74) is 0.783. The minimum absolute atomic E-state index is 0.0591. The number of carbonyl (C=O) groups excluding carboxylic acids is 3. The first-order valence-corrected chi connectivity index (χ1v) is 11.1. The average molecular weight is 437 g/mol. The number of hydrogen-bond acceptors (Lipinski definition) is 4. The Hall–Kier alpha value is -3.42.